The minimum Gasteiger partial charge on any atom is -0.461 e. The van der Waals surface area contributed by atoms with Gasteiger partial charge >= 0.3 is 0 Å². The summed E-state index contributed by atoms with van der Waals surface area (Å²) in [7, 11) is 0. The van der Waals surface area contributed by atoms with Gasteiger partial charge in [-0.25, -0.2) is 0 Å². The molecule has 0 unspecified atom stereocenters. The van der Waals surface area contributed by atoms with Crippen molar-refractivity contribution in [2.45, 2.75) is 0 Å². The number of nitro groups is 1. The second kappa shape index (κ2) is 5.39. The van der Waals surface area contributed by atoms with Crippen LogP contribution in [0.2, 0.25) is 0 Å². The van der Waals surface area contributed by atoms with Crippen molar-refractivity contribution in [2.24, 2.45) is 0 Å². The van der Waals surface area contributed by atoms with E-state index in [4.69, 9.17) is 4.42 Å². The van der Waals surface area contributed by atoms with Gasteiger partial charge in [0, 0.05) is 6.07 Å². The van der Waals surface area contributed by atoms with Gasteiger partial charge in [-0.2, -0.15) is 9.50 Å². The minimum absolute atomic E-state index is 0.0628. The molecular weight excluding hydrogens is 332 g/mol. The van der Waals surface area contributed by atoms with E-state index in [0.29, 0.717) is 26.6 Å². The van der Waals surface area contributed by atoms with Gasteiger partial charge in [0.05, 0.1) is 21.3 Å². The van der Waals surface area contributed by atoms with Crippen molar-refractivity contribution in [2.75, 3.05) is 0 Å². The maximum Gasteiger partial charge on any atom is 0.291 e. The van der Waals surface area contributed by atoms with Crippen molar-refractivity contribution in [3.8, 4) is 11.6 Å². The molecule has 0 fully saturated rings. The average Bonchev–Trinajstić information content (AvgIpc) is 3.27. The van der Waals surface area contributed by atoms with Crippen molar-refractivity contribution in [1.82, 2.24) is 14.6 Å². The highest BCUT2D eigenvalue weighted by molar-refractivity contribution is 7.15. The fourth-order valence-corrected chi connectivity index (χ4v) is 3.16. The van der Waals surface area contributed by atoms with E-state index in [-0.39, 0.29) is 11.2 Å². The Labute approximate surface area is 137 Å². The van der Waals surface area contributed by atoms with Gasteiger partial charge in [0.2, 0.25) is 10.8 Å². The van der Waals surface area contributed by atoms with E-state index in [2.05, 4.69) is 10.1 Å². The number of hydrogen-bond acceptors (Lipinski definition) is 7. The van der Waals surface area contributed by atoms with Crippen LogP contribution in [0, 0.1) is 10.1 Å². The third-order valence-electron chi connectivity index (χ3n) is 3.34. The molecule has 0 atom stereocenters. The number of para-hydroxylation sites is 1. The summed E-state index contributed by atoms with van der Waals surface area (Å²) >= 11 is 1.11. The quantitative estimate of drug-likeness (QED) is 0.416. The predicted molar refractivity (Wildman–Crippen MR) is 86.7 cm³/mol. The summed E-state index contributed by atoms with van der Waals surface area (Å²) in [6, 6.07) is 9.63. The third-order valence-corrected chi connectivity index (χ3v) is 4.30. The number of rotatable bonds is 3. The minimum atomic E-state index is -0.484. The lowest BCUT2D eigenvalue weighted by molar-refractivity contribution is -0.385. The largest absolute Gasteiger partial charge is 0.461 e. The first-order valence-corrected chi connectivity index (χ1v) is 7.64. The fraction of sp³-hybridized carbons (Fsp3) is 0. The van der Waals surface area contributed by atoms with E-state index in [9.17, 15) is 14.9 Å². The standard InChI is InChI=1S/C15H8N4O4S/c20-14-12(8-9-4-1-2-5-10(9)19(21)22)24-15-16-13(17-18(14)15)11-6-3-7-23-11/h1-8H. The summed E-state index contributed by atoms with van der Waals surface area (Å²) in [6.45, 7) is 0. The highest BCUT2D eigenvalue weighted by atomic mass is 32.1. The van der Waals surface area contributed by atoms with Crippen LogP contribution in [0.25, 0.3) is 22.6 Å². The fourth-order valence-electron chi connectivity index (χ4n) is 2.26. The van der Waals surface area contributed by atoms with E-state index in [1.807, 2.05) is 0 Å². The Kier molecular flexibility index (Phi) is 3.21. The molecule has 8 nitrogen and oxygen atoms in total. The molecule has 0 spiro atoms. The normalized spacial score (nSPS) is 12.1. The topological polar surface area (TPSA) is 104 Å². The number of aromatic nitrogens is 3. The van der Waals surface area contributed by atoms with E-state index < -0.39 is 4.92 Å². The van der Waals surface area contributed by atoms with Crippen LogP contribution >= 0.6 is 11.3 Å². The molecule has 0 aliphatic rings. The van der Waals surface area contributed by atoms with Gasteiger partial charge in [-0.15, -0.1) is 5.10 Å². The molecule has 1 aromatic carbocycles. The van der Waals surface area contributed by atoms with E-state index >= 15 is 0 Å². The number of furan rings is 1. The Bertz CT molecular complexity index is 1160. The highest BCUT2D eigenvalue weighted by Crippen LogP contribution is 2.19. The van der Waals surface area contributed by atoms with Gasteiger partial charge in [0.15, 0.2) is 5.76 Å². The molecular formula is C15H8N4O4S. The van der Waals surface area contributed by atoms with E-state index in [1.54, 1.807) is 30.3 Å². The van der Waals surface area contributed by atoms with Crippen molar-refractivity contribution in [3.63, 3.8) is 0 Å². The number of fused-ring (bicyclic) bond motifs is 1. The van der Waals surface area contributed by atoms with Crippen molar-refractivity contribution < 1.29 is 9.34 Å². The van der Waals surface area contributed by atoms with Crippen LogP contribution in [0.5, 0.6) is 0 Å². The summed E-state index contributed by atoms with van der Waals surface area (Å²) in [5.41, 5.74) is -0.0824. The second-order valence-corrected chi connectivity index (χ2v) is 5.85. The van der Waals surface area contributed by atoms with Crippen LogP contribution in [0.1, 0.15) is 5.56 Å². The third kappa shape index (κ3) is 2.27. The molecule has 3 aromatic heterocycles. The molecule has 0 N–H and O–H groups in total. The zero-order valence-corrected chi connectivity index (χ0v) is 12.8. The molecule has 3 heterocycles. The van der Waals surface area contributed by atoms with Gasteiger partial charge in [-0.1, -0.05) is 23.5 Å². The maximum absolute atomic E-state index is 12.4. The molecule has 4 aromatic rings. The molecule has 0 aliphatic carbocycles. The summed E-state index contributed by atoms with van der Waals surface area (Å²) in [6.07, 6.45) is 2.98. The molecule has 9 heteroatoms. The van der Waals surface area contributed by atoms with Crippen LogP contribution in [-0.2, 0) is 0 Å². The lowest BCUT2D eigenvalue weighted by Crippen LogP contribution is -2.23. The number of hydrogen-bond donors (Lipinski definition) is 0. The average molecular weight is 340 g/mol. The van der Waals surface area contributed by atoms with Gasteiger partial charge in [-0.05, 0) is 24.3 Å². The van der Waals surface area contributed by atoms with Crippen LogP contribution in [0.15, 0.2) is 51.9 Å². The Balaban J connectivity index is 1.87. The molecule has 0 saturated carbocycles. The van der Waals surface area contributed by atoms with Crippen molar-refractivity contribution in [1.29, 1.82) is 0 Å². The van der Waals surface area contributed by atoms with Crippen LogP contribution in [0.3, 0.4) is 0 Å². The summed E-state index contributed by atoms with van der Waals surface area (Å²) in [4.78, 5) is 27.7. The first kappa shape index (κ1) is 14.3. The summed E-state index contributed by atoms with van der Waals surface area (Å²) in [5.74, 6) is 0.787. The van der Waals surface area contributed by atoms with E-state index in [0.717, 1.165) is 11.3 Å². The van der Waals surface area contributed by atoms with Crippen LogP contribution in [0.4, 0.5) is 5.69 Å². The predicted octanol–water partition coefficient (Wildman–Crippen LogP) is 1.87. The molecule has 0 amide bonds. The van der Waals surface area contributed by atoms with Crippen molar-refractivity contribution in [3.05, 3.63) is 73.2 Å². The number of thiazole rings is 1. The molecule has 118 valence electrons. The van der Waals surface area contributed by atoms with Gasteiger partial charge in [0.1, 0.15) is 0 Å². The Morgan fingerprint density at radius 1 is 1.25 bits per heavy atom. The maximum atomic E-state index is 12.4. The Morgan fingerprint density at radius 3 is 2.79 bits per heavy atom. The second-order valence-electron chi connectivity index (χ2n) is 4.84. The number of nitrogens with zero attached hydrogens (tertiary/aromatic N) is 4. The van der Waals surface area contributed by atoms with Crippen molar-refractivity contribution >= 4 is 28.1 Å². The van der Waals surface area contributed by atoms with Crippen LogP contribution in [-0.4, -0.2) is 19.5 Å². The summed E-state index contributed by atoms with van der Waals surface area (Å²) in [5, 5.41) is 15.2. The molecule has 0 aliphatic heterocycles. The Morgan fingerprint density at radius 2 is 2.08 bits per heavy atom. The lowest BCUT2D eigenvalue weighted by Gasteiger charge is -1.94. The van der Waals surface area contributed by atoms with E-state index in [1.165, 1.54) is 22.9 Å². The highest BCUT2D eigenvalue weighted by Gasteiger charge is 2.15. The Hall–Kier alpha value is -3.33. The monoisotopic (exact) mass is 340 g/mol. The molecule has 24 heavy (non-hydrogen) atoms. The van der Waals surface area contributed by atoms with Gasteiger partial charge in [0.25, 0.3) is 11.2 Å². The molecule has 0 radical (unpaired) electrons. The number of nitro benzene ring substituents is 1. The SMILES string of the molecule is O=c1c(=Cc2ccccc2[N+](=O)[O-])sc2nc(-c3ccco3)nn12. The smallest absolute Gasteiger partial charge is 0.291 e. The summed E-state index contributed by atoms with van der Waals surface area (Å²) < 4.78 is 6.70. The van der Waals surface area contributed by atoms with Gasteiger partial charge < -0.3 is 4.42 Å². The zero-order chi connectivity index (χ0) is 16.7. The lowest BCUT2D eigenvalue weighted by atomic mass is 10.2. The van der Waals surface area contributed by atoms with Gasteiger partial charge in [-0.3, -0.25) is 14.9 Å². The zero-order valence-electron chi connectivity index (χ0n) is 11.9. The molecule has 0 bridgehead atoms. The number of benzene rings is 1. The molecule has 4 rings (SSSR count). The van der Waals surface area contributed by atoms with Crippen LogP contribution < -0.4 is 10.1 Å². The molecule has 0 saturated heterocycles. The first-order chi connectivity index (χ1) is 11.6. The first-order valence-electron chi connectivity index (χ1n) is 6.82.